The van der Waals surface area contributed by atoms with Crippen LogP contribution in [0.5, 0.6) is 0 Å². The number of carbonyl (C=O) groups is 4. The van der Waals surface area contributed by atoms with Crippen LogP contribution >= 0.6 is 15.9 Å². The minimum Gasteiger partial charge on any atom is -0.393 e. The number of carbonyl (C=O) groups excluding carboxylic acids is 4. The van der Waals surface area contributed by atoms with E-state index in [9.17, 15) is 19.2 Å². The number of amides is 2. The summed E-state index contributed by atoms with van der Waals surface area (Å²) in [7, 11) is 0. The maximum absolute atomic E-state index is 11.9. The van der Waals surface area contributed by atoms with Gasteiger partial charge in [0, 0.05) is 17.7 Å². The van der Waals surface area contributed by atoms with E-state index >= 15 is 0 Å². The lowest BCUT2D eigenvalue weighted by atomic mass is 9.78. The van der Waals surface area contributed by atoms with Crippen molar-refractivity contribution >= 4 is 39.7 Å². The molecule has 20 heavy (non-hydrogen) atoms. The Labute approximate surface area is 122 Å². The molecular formula is C13H12BrNO5. The number of imide groups is 1. The molecule has 0 aromatic rings. The van der Waals surface area contributed by atoms with Crippen molar-refractivity contribution in [1.82, 2.24) is 4.90 Å². The van der Waals surface area contributed by atoms with Crippen LogP contribution in [0.3, 0.4) is 0 Å². The zero-order valence-electron chi connectivity index (χ0n) is 10.5. The van der Waals surface area contributed by atoms with Crippen LogP contribution in [0.4, 0.5) is 0 Å². The topological polar surface area (TPSA) is 80.8 Å². The number of rotatable bonds is 1. The van der Waals surface area contributed by atoms with Crippen LogP contribution in [0.15, 0.2) is 0 Å². The van der Waals surface area contributed by atoms with Crippen molar-refractivity contribution < 1.29 is 23.9 Å². The van der Waals surface area contributed by atoms with E-state index in [4.69, 9.17) is 4.74 Å². The average molecular weight is 342 g/mol. The molecule has 7 heteroatoms. The number of hydrogen-bond donors (Lipinski definition) is 0. The summed E-state index contributed by atoms with van der Waals surface area (Å²) in [6.07, 6.45) is 1.17. The van der Waals surface area contributed by atoms with Crippen LogP contribution in [-0.4, -0.2) is 39.5 Å². The number of hydrogen-bond acceptors (Lipinski definition) is 5. The molecule has 4 rings (SSSR count). The maximum atomic E-state index is 11.9. The van der Waals surface area contributed by atoms with Crippen LogP contribution in [0, 0.1) is 23.7 Å². The van der Waals surface area contributed by atoms with Crippen LogP contribution < -0.4 is 0 Å². The van der Waals surface area contributed by atoms with Gasteiger partial charge in [-0.05, 0) is 18.3 Å². The third-order valence-corrected chi connectivity index (χ3v) is 6.38. The molecule has 2 aliphatic carbocycles. The minimum atomic E-state index is -0.490. The largest absolute Gasteiger partial charge is 0.393 e. The maximum Gasteiger partial charge on any atom is 0.317 e. The Hall–Kier alpha value is -1.24. The summed E-state index contributed by atoms with van der Waals surface area (Å²) in [5.74, 6) is -2.36. The molecule has 6 atom stereocenters. The number of ether oxygens (including phenoxy) is 1. The zero-order chi connectivity index (χ0) is 14.2. The highest BCUT2D eigenvalue weighted by Gasteiger charge is 2.68. The average Bonchev–Trinajstić information content (AvgIpc) is 3.07. The van der Waals surface area contributed by atoms with Gasteiger partial charge < -0.3 is 4.74 Å². The first-order chi connectivity index (χ1) is 9.50. The molecule has 0 aromatic carbocycles. The molecule has 2 amide bonds. The molecule has 0 spiro atoms. The molecule has 4 aliphatic rings. The molecule has 4 fully saturated rings. The zero-order valence-corrected chi connectivity index (χ0v) is 12.0. The predicted octanol–water partition coefficient (Wildman–Crippen LogP) is 0.233. The molecule has 2 saturated carbocycles. The van der Waals surface area contributed by atoms with Crippen LogP contribution in [0.25, 0.3) is 0 Å². The second-order valence-electron chi connectivity index (χ2n) is 5.95. The van der Waals surface area contributed by atoms with E-state index in [1.165, 1.54) is 4.90 Å². The highest BCUT2D eigenvalue weighted by atomic mass is 79.9. The molecule has 2 bridgehead atoms. The second kappa shape index (κ2) is 3.90. The first-order valence-corrected chi connectivity index (χ1v) is 7.67. The van der Waals surface area contributed by atoms with Crippen molar-refractivity contribution in [3.8, 4) is 0 Å². The van der Waals surface area contributed by atoms with Crippen molar-refractivity contribution in [3.05, 3.63) is 0 Å². The van der Waals surface area contributed by atoms with E-state index in [-0.39, 0.29) is 47.4 Å². The molecule has 2 saturated heterocycles. The van der Waals surface area contributed by atoms with Crippen LogP contribution in [0.2, 0.25) is 0 Å². The first-order valence-electron chi connectivity index (χ1n) is 6.75. The summed E-state index contributed by atoms with van der Waals surface area (Å²) in [6, 6.07) is -0.317. The van der Waals surface area contributed by atoms with Gasteiger partial charge in [0.05, 0.1) is 17.9 Å². The number of likely N-dealkylation sites (tertiary alicyclic amines) is 1. The Balaban J connectivity index is 1.71. The fourth-order valence-corrected chi connectivity index (χ4v) is 5.62. The Morgan fingerprint density at radius 3 is 2.10 bits per heavy atom. The van der Waals surface area contributed by atoms with E-state index < -0.39 is 23.8 Å². The third kappa shape index (κ3) is 1.34. The standard InChI is InChI=1S/C13H12BrNO5/c14-10-4-3-5(9-8(4)12(18)20-13(9)19)11(10)15-6(16)1-2-7(15)17/h4-5,8-11H,1-3H2/t4-,5+,8-,9-,10+,11+/m1/s1. The third-order valence-electron chi connectivity index (χ3n) is 5.16. The minimum absolute atomic E-state index is 0.0323. The lowest BCUT2D eigenvalue weighted by Crippen LogP contribution is -2.52. The number of cyclic esters (lactones) is 2. The van der Waals surface area contributed by atoms with Gasteiger partial charge in [0.1, 0.15) is 0 Å². The predicted molar refractivity (Wildman–Crippen MR) is 67.3 cm³/mol. The summed E-state index contributed by atoms with van der Waals surface area (Å²) in [4.78, 5) is 48.6. The number of fused-ring (bicyclic) bond motifs is 5. The van der Waals surface area contributed by atoms with E-state index in [0.717, 1.165) is 0 Å². The Kier molecular flexibility index (Phi) is 2.44. The molecule has 6 nitrogen and oxygen atoms in total. The summed E-state index contributed by atoms with van der Waals surface area (Å²) >= 11 is 3.55. The normalized spacial score (nSPS) is 46.4. The van der Waals surface area contributed by atoms with Gasteiger partial charge in [0.15, 0.2) is 0 Å². The number of nitrogens with zero attached hydrogens (tertiary/aromatic N) is 1. The van der Waals surface area contributed by atoms with Crippen molar-refractivity contribution in [2.75, 3.05) is 0 Å². The summed E-state index contributed by atoms with van der Waals surface area (Å²) in [5.41, 5.74) is 0. The SMILES string of the molecule is O=C1OC(=O)[C@@H]2[C@@H]3C[C@@H]([C@H](Br)[C@H]3N3C(=O)CCC3=O)[C@@H]12. The van der Waals surface area contributed by atoms with Gasteiger partial charge in [0.2, 0.25) is 11.8 Å². The lowest BCUT2D eigenvalue weighted by molar-refractivity contribution is -0.155. The molecule has 106 valence electrons. The van der Waals surface area contributed by atoms with Crippen molar-refractivity contribution in [2.24, 2.45) is 23.7 Å². The van der Waals surface area contributed by atoms with Crippen molar-refractivity contribution in [3.63, 3.8) is 0 Å². The van der Waals surface area contributed by atoms with Gasteiger partial charge in [-0.1, -0.05) is 15.9 Å². The quantitative estimate of drug-likeness (QED) is 0.295. The lowest BCUT2D eigenvalue weighted by Gasteiger charge is -2.36. The molecule has 2 aliphatic heterocycles. The van der Waals surface area contributed by atoms with Gasteiger partial charge in [-0.15, -0.1) is 0 Å². The van der Waals surface area contributed by atoms with Gasteiger partial charge >= 0.3 is 11.9 Å². The molecule has 0 aromatic heterocycles. The Morgan fingerprint density at radius 1 is 0.950 bits per heavy atom. The number of halogens is 1. The highest BCUT2D eigenvalue weighted by molar-refractivity contribution is 9.09. The summed E-state index contributed by atoms with van der Waals surface area (Å²) in [5, 5.41) is 0. The van der Waals surface area contributed by atoms with E-state index in [0.29, 0.717) is 6.42 Å². The number of alkyl halides is 1. The summed E-state index contributed by atoms with van der Waals surface area (Å²) < 4.78 is 4.73. The Bertz CT molecular complexity index is 545. The monoisotopic (exact) mass is 341 g/mol. The number of esters is 2. The van der Waals surface area contributed by atoms with E-state index in [2.05, 4.69) is 15.9 Å². The van der Waals surface area contributed by atoms with Crippen molar-refractivity contribution in [2.45, 2.75) is 30.1 Å². The van der Waals surface area contributed by atoms with E-state index in [1.54, 1.807) is 0 Å². The second-order valence-corrected chi connectivity index (χ2v) is 7.00. The van der Waals surface area contributed by atoms with Gasteiger partial charge in [0.25, 0.3) is 0 Å². The smallest absolute Gasteiger partial charge is 0.317 e. The van der Waals surface area contributed by atoms with Gasteiger partial charge in [-0.2, -0.15) is 0 Å². The van der Waals surface area contributed by atoms with E-state index in [1.807, 2.05) is 0 Å². The van der Waals surface area contributed by atoms with Crippen LogP contribution in [-0.2, 0) is 23.9 Å². The van der Waals surface area contributed by atoms with Gasteiger partial charge in [-0.25, -0.2) is 0 Å². The highest BCUT2D eigenvalue weighted by Crippen LogP contribution is 2.59. The fraction of sp³-hybridized carbons (Fsp3) is 0.692. The Morgan fingerprint density at radius 2 is 1.50 bits per heavy atom. The molecule has 2 heterocycles. The molecular weight excluding hydrogens is 330 g/mol. The molecule has 0 unspecified atom stereocenters. The van der Waals surface area contributed by atoms with Gasteiger partial charge in [-0.3, -0.25) is 24.1 Å². The first kappa shape index (κ1) is 12.5. The van der Waals surface area contributed by atoms with Crippen molar-refractivity contribution in [1.29, 1.82) is 0 Å². The summed E-state index contributed by atoms with van der Waals surface area (Å²) in [6.45, 7) is 0. The molecule has 0 N–H and O–H groups in total. The molecule has 0 radical (unpaired) electrons. The fourth-order valence-electron chi connectivity index (χ4n) is 4.45. The van der Waals surface area contributed by atoms with Crippen LogP contribution in [0.1, 0.15) is 19.3 Å².